The molecule has 6 aliphatic carbocycles. The Morgan fingerprint density at radius 2 is 1.71 bits per heavy atom. The Bertz CT molecular complexity index is 2010. The minimum atomic E-state index is -2.88. The Hall–Kier alpha value is -2.29. The number of hydrogen-bond donors (Lipinski definition) is 1. The van der Waals surface area contributed by atoms with Crippen molar-refractivity contribution in [3.63, 3.8) is 0 Å². The number of carbonyl (C=O) groups excluding carboxylic acids is 1. The molecule has 6 nitrogen and oxygen atoms in total. The summed E-state index contributed by atoms with van der Waals surface area (Å²) < 4.78 is 45.4. The molecule has 0 radical (unpaired) electrons. The maximum atomic E-state index is 14.8. The van der Waals surface area contributed by atoms with Gasteiger partial charge in [-0.25, -0.2) is 12.8 Å². The van der Waals surface area contributed by atoms with Gasteiger partial charge in [0.2, 0.25) is 0 Å². The lowest BCUT2D eigenvalue weighted by Gasteiger charge is -2.72. The van der Waals surface area contributed by atoms with Crippen molar-refractivity contribution in [2.45, 2.75) is 148 Å². The molecule has 8 heteroatoms. The van der Waals surface area contributed by atoms with E-state index in [9.17, 15) is 17.6 Å². The molecular formula is C51H73FN2O4S. The van der Waals surface area contributed by atoms with Gasteiger partial charge in [0.25, 0.3) is 0 Å². The average Bonchev–Trinajstić information content (AvgIpc) is 3.88. The third kappa shape index (κ3) is 6.38. The van der Waals surface area contributed by atoms with Gasteiger partial charge in [-0.3, -0.25) is 9.69 Å². The number of allylic oxidation sites excluding steroid dienone is 5. The molecule has 9 rings (SSSR count). The molecule has 59 heavy (non-hydrogen) atoms. The lowest BCUT2D eigenvalue weighted by molar-refractivity contribution is -0.221. The second-order valence-electron chi connectivity index (χ2n) is 22.6. The first-order chi connectivity index (χ1) is 27.9. The van der Waals surface area contributed by atoms with Gasteiger partial charge in [-0.2, -0.15) is 0 Å². The molecule has 12 atom stereocenters. The number of esters is 1. The van der Waals surface area contributed by atoms with Gasteiger partial charge < -0.3 is 10.1 Å². The predicted octanol–water partition coefficient (Wildman–Crippen LogP) is 10.2. The summed E-state index contributed by atoms with van der Waals surface area (Å²) in [5.74, 6) is 2.96. The second-order valence-corrected chi connectivity index (χ2v) is 24.9. The third-order valence-electron chi connectivity index (χ3n) is 19.8. The number of rotatable bonds is 10. The number of likely N-dealkylation sites (tertiary alicyclic amines) is 1. The summed E-state index contributed by atoms with van der Waals surface area (Å²) in [6.07, 6.45) is 18.3. The van der Waals surface area contributed by atoms with Crippen molar-refractivity contribution >= 4 is 15.8 Å². The molecule has 0 unspecified atom stereocenters. The Balaban J connectivity index is 0.921. The molecule has 4 saturated carbocycles. The lowest BCUT2D eigenvalue weighted by Crippen LogP contribution is -2.68. The molecule has 6 fully saturated rings. The van der Waals surface area contributed by atoms with Crippen LogP contribution in [0.5, 0.6) is 0 Å². The Labute approximate surface area is 355 Å². The molecule has 0 aromatic heterocycles. The summed E-state index contributed by atoms with van der Waals surface area (Å²) in [6, 6.07) is 9.89. The summed E-state index contributed by atoms with van der Waals surface area (Å²) in [5, 5.41) is 4.11. The molecule has 0 spiro atoms. The molecule has 1 aromatic carbocycles. The van der Waals surface area contributed by atoms with Gasteiger partial charge in [-0.05, 0) is 158 Å². The number of fused-ring (bicyclic) bond motifs is 9. The number of ether oxygens (including phenoxy) is 1. The smallest absolute Gasteiger partial charge is 0.315 e. The van der Waals surface area contributed by atoms with Crippen LogP contribution in [0.25, 0.3) is 0 Å². The van der Waals surface area contributed by atoms with Gasteiger partial charge in [-0.1, -0.05) is 89.3 Å². The van der Waals surface area contributed by atoms with E-state index >= 15 is 0 Å². The van der Waals surface area contributed by atoms with Crippen LogP contribution in [-0.2, 0) is 26.0 Å². The topological polar surface area (TPSA) is 75.7 Å². The summed E-state index contributed by atoms with van der Waals surface area (Å²) in [5.41, 5.74) is 4.80. The largest absolute Gasteiger partial charge is 0.460 e. The zero-order chi connectivity index (χ0) is 41.8. The zero-order valence-corrected chi connectivity index (χ0v) is 37.9. The number of hydrogen-bond acceptors (Lipinski definition) is 6. The van der Waals surface area contributed by atoms with Gasteiger partial charge in [0, 0.05) is 31.2 Å². The van der Waals surface area contributed by atoms with E-state index in [0.717, 1.165) is 38.0 Å². The average molecular weight is 829 g/mol. The quantitative estimate of drug-likeness (QED) is 0.187. The highest BCUT2D eigenvalue weighted by Crippen LogP contribution is 2.76. The molecule has 1 aromatic rings. The first kappa shape index (κ1) is 42.0. The van der Waals surface area contributed by atoms with Crippen LogP contribution in [0.1, 0.15) is 131 Å². The van der Waals surface area contributed by atoms with Crippen LogP contribution in [0.15, 0.2) is 65.8 Å². The van der Waals surface area contributed by atoms with Crippen LogP contribution in [-0.4, -0.2) is 68.2 Å². The third-order valence-corrected chi connectivity index (χ3v) is 22.0. The van der Waals surface area contributed by atoms with Gasteiger partial charge in [0.1, 0.15) is 13.3 Å². The van der Waals surface area contributed by atoms with Gasteiger partial charge in [-0.15, -0.1) is 0 Å². The van der Waals surface area contributed by atoms with Crippen molar-refractivity contribution in [3.8, 4) is 0 Å². The summed E-state index contributed by atoms with van der Waals surface area (Å²) >= 11 is 0. The summed E-state index contributed by atoms with van der Waals surface area (Å²) in [6.45, 7) is 22.1. The Morgan fingerprint density at radius 1 is 0.932 bits per heavy atom. The van der Waals surface area contributed by atoms with Gasteiger partial charge in [0.15, 0.2) is 9.84 Å². The minimum Gasteiger partial charge on any atom is -0.460 e. The molecule has 8 aliphatic rings. The van der Waals surface area contributed by atoms with Crippen LogP contribution in [0.4, 0.5) is 4.39 Å². The summed E-state index contributed by atoms with van der Waals surface area (Å²) in [7, 11) is -2.88. The van der Waals surface area contributed by atoms with Crippen molar-refractivity contribution in [3.05, 3.63) is 71.3 Å². The predicted molar refractivity (Wildman–Crippen MR) is 235 cm³/mol. The van der Waals surface area contributed by atoms with E-state index in [2.05, 4.69) is 70.5 Å². The summed E-state index contributed by atoms with van der Waals surface area (Å²) in [4.78, 5) is 15.9. The highest BCUT2D eigenvalue weighted by atomic mass is 32.2. The normalized spacial score (nSPS) is 44.4. The number of halogens is 1. The number of nitrogens with zero attached hydrogens (tertiary/aromatic N) is 1. The maximum Gasteiger partial charge on any atom is 0.315 e. The highest BCUT2D eigenvalue weighted by molar-refractivity contribution is 7.92. The first-order valence-electron chi connectivity index (χ1n) is 23.5. The Morgan fingerprint density at radius 3 is 2.37 bits per heavy atom. The van der Waals surface area contributed by atoms with Crippen molar-refractivity contribution < 1.29 is 22.3 Å². The number of sulfone groups is 1. The number of alkyl halides is 1. The maximum absolute atomic E-state index is 14.8. The minimum absolute atomic E-state index is 0.0113. The van der Waals surface area contributed by atoms with Gasteiger partial charge >= 0.3 is 5.97 Å². The van der Waals surface area contributed by atoms with Crippen molar-refractivity contribution in [1.82, 2.24) is 10.2 Å². The first-order valence-corrected chi connectivity index (χ1v) is 25.2. The van der Waals surface area contributed by atoms with Crippen molar-refractivity contribution in [2.75, 3.05) is 32.1 Å². The number of carbonyl (C=O) groups is 1. The standard InChI is InChI=1S/C51H73FN2O4S/c1-34(2)39-17-24-51(53-27-28-54-30-38-29-37(54)32-59(38,56)57)26-25-48(6)41(44(39)51)13-14-43-47(5)20-18-40(46(3,4)42(47)19-21-49(43,48)7)36-15-22-50(33-52,23-16-36)45(55)58-31-35-11-9-8-10-12-35/h8-12,15,18,37-39,41-44,53H,1,13-14,16-17,19-33H2,2-7H3/t37-,38+,39+,41-,42+,43-,44-,47+,48-,49-,50+,51+/m1/s1. The van der Waals surface area contributed by atoms with Crippen LogP contribution in [0.2, 0.25) is 0 Å². The zero-order valence-electron chi connectivity index (χ0n) is 37.1. The highest BCUT2D eigenvalue weighted by Gasteiger charge is 2.70. The fourth-order valence-electron chi connectivity index (χ4n) is 16.5. The van der Waals surface area contributed by atoms with Crippen LogP contribution in [0, 0.1) is 56.7 Å². The van der Waals surface area contributed by atoms with E-state index in [1.54, 1.807) is 0 Å². The van der Waals surface area contributed by atoms with E-state index in [4.69, 9.17) is 4.74 Å². The molecule has 2 bridgehead atoms. The van der Waals surface area contributed by atoms with Crippen LogP contribution < -0.4 is 5.32 Å². The van der Waals surface area contributed by atoms with E-state index in [-0.39, 0.29) is 45.1 Å². The van der Waals surface area contributed by atoms with Crippen molar-refractivity contribution in [2.24, 2.45) is 56.7 Å². The van der Waals surface area contributed by atoms with E-state index in [1.165, 1.54) is 68.1 Å². The van der Waals surface area contributed by atoms with E-state index in [0.29, 0.717) is 54.6 Å². The fourth-order valence-corrected chi connectivity index (χ4v) is 18.6. The number of nitrogens with one attached hydrogen (secondary N) is 1. The molecule has 2 saturated heterocycles. The molecule has 2 aliphatic heterocycles. The van der Waals surface area contributed by atoms with Gasteiger partial charge in [0.05, 0.1) is 16.4 Å². The molecule has 1 N–H and O–H groups in total. The molecular weight excluding hydrogens is 756 g/mol. The fraction of sp³-hybridized carbons (Fsp3) is 0.745. The van der Waals surface area contributed by atoms with E-state index < -0.39 is 27.9 Å². The van der Waals surface area contributed by atoms with Crippen LogP contribution >= 0.6 is 0 Å². The molecule has 2 heterocycles. The lowest BCUT2D eigenvalue weighted by atomic mass is 9.33. The molecule has 324 valence electrons. The number of benzene rings is 1. The molecule has 0 amide bonds. The Kier molecular flexibility index (Phi) is 10.4. The monoisotopic (exact) mass is 829 g/mol. The van der Waals surface area contributed by atoms with E-state index in [1.807, 2.05) is 30.3 Å². The van der Waals surface area contributed by atoms with Crippen molar-refractivity contribution in [1.29, 1.82) is 0 Å². The SMILES string of the molecule is C=C(C)[C@@H]1CC[C@]2(NCCN3C[C@@H]4C[C@@H]3CS4(=O)=O)CC[C@]3(C)[C@H](CC[C@@H]4[C@@]5(C)CC=C(C6=CC[C@](CF)(C(=O)OCc7ccccc7)CC6)C(C)(C)[C@@H]5CC[C@]43C)[C@@H]12. The second kappa shape index (κ2) is 14.6. The van der Waals surface area contributed by atoms with Crippen LogP contribution in [0.3, 0.4) is 0 Å².